The Hall–Kier alpha value is -1.35. The Balaban J connectivity index is 2.50. The number of aliphatic hydroxyl groups is 1. The average Bonchev–Trinajstić information content (AvgIpc) is 2.39. The Kier molecular flexibility index (Phi) is 7.11. The third-order valence-corrected chi connectivity index (χ3v) is 2.86. The topological polar surface area (TPSA) is 40.5 Å². The fourth-order valence-corrected chi connectivity index (χ4v) is 1.91. The Morgan fingerprint density at radius 2 is 1.94 bits per heavy atom. The van der Waals surface area contributed by atoms with Crippen LogP contribution >= 0.6 is 0 Å². The van der Waals surface area contributed by atoms with Gasteiger partial charge in [0, 0.05) is 26.1 Å². The van der Waals surface area contributed by atoms with E-state index in [1.807, 2.05) is 35.2 Å². The Morgan fingerprint density at radius 1 is 1.22 bits per heavy atom. The molecule has 0 saturated heterocycles. The zero-order valence-electron chi connectivity index (χ0n) is 11.1. The molecule has 0 spiro atoms. The first-order chi connectivity index (χ1) is 8.77. The summed E-state index contributed by atoms with van der Waals surface area (Å²) < 4.78 is 0. The van der Waals surface area contributed by atoms with E-state index in [9.17, 15) is 4.79 Å². The van der Waals surface area contributed by atoms with E-state index in [0.29, 0.717) is 19.4 Å². The summed E-state index contributed by atoms with van der Waals surface area (Å²) >= 11 is 0. The van der Waals surface area contributed by atoms with E-state index in [1.165, 1.54) is 5.56 Å². The number of carbonyl (C=O) groups excluding carboxylic acids is 1. The molecule has 0 saturated carbocycles. The molecule has 0 fully saturated rings. The van der Waals surface area contributed by atoms with Gasteiger partial charge in [-0.15, -0.1) is 0 Å². The van der Waals surface area contributed by atoms with E-state index in [2.05, 4.69) is 6.92 Å². The van der Waals surface area contributed by atoms with Crippen LogP contribution in [0.3, 0.4) is 0 Å². The minimum absolute atomic E-state index is 0.166. The largest absolute Gasteiger partial charge is 0.396 e. The monoisotopic (exact) mass is 249 g/mol. The highest BCUT2D eigenvalue weighted by molar-refractivity contribution is 5.76. The molecule has 0 radical (unpaired) electrons. The van der Waals surface area contributed by atoms with Gasteiger partial charge in [-0.25, -0.2) is 0 Å². The van der Waals surface area contributed by atoms with Gasteiger partial charge in [0.05, 0.1) is 0 Å². The van der Waals surface area contributed by atoms with E-state index >= 15 is 0 Å². The molecule has 1 rings (SSSR count). The Bertz CT molecular complexity index is 338. The second-order valence-corrected chi connectivity index (χ2v) is 4.48. The van der Waals surface area contributed by atoms with Crippen LogP contribution in [0, 0.1) is 0 Å². The molecule has 0 aliphatic rings. The first-order valence-electron chi connectivity index (χ1n) is 6.70. The van der Waals surface area contributed by atoms with Crippen molar-refractivity contribution in [1.29, 1.82) is 0 Å². The third kappa shape index (κ3) is 5.32. The second-order valence-electron chi connectivity index (χ2n) is 4.48. The molecule has 0 atom stereocenters. The smallest absolute Gasteiger partial charge is 0.222 e. The first kappa shape index (κ1) is 14.7. The average molecular weight is 249 g/mol. The van der Waals surface area contributed by atoms with Crippen molar-refractivity contribution in [2.45, 2.75) is 39.2 Å². The highest BCUT2D eigenvalue weighted by Gasteiger charge is 2.12. The van der Waals surface area contributed by atoms with Gasteiger partial charge in [0.1, 0.15) is 0 Å². The van der Waals surface area contributed by atoms with Gasteiger partial charge >= 0.3 is 0 Å². The minimum Gasteiger partial charge on any atom is -0.396 e. The maximum absolute atomic E-state index is 12.1. The summed E-state index contributed by atoms with van der Waals surface area (Å²) in [4.78, 5) is 14.0. The molecule has 1 aromatic carbocycles. The predicted octanol–water partition coefficient (Wildman–Crippen LogP) is 2.59. The van der Waals surface area contributed by atoms with E-state index in [1.54, 1.807) is 0 Å². The fraction of sp³-hybridized carbons (Fsp3) is 0.533. The summed E-state index contributed by atoms with van der Waals surface area (Å²) in [6, 6.07) is 10.1. The van der Waals surface area contributed by atoms with Gasteiger partial charge in [-0.2, -0.15) is 0 Å². The normalized spacial score (nSPS) is 10.3. The maximum atomic E-state index is 12.1. The molecule has 100 valence electrons. The number of unbranched alkanes of at least 4 members (excludes halogenated alkanes) is 1. The van der Waals surface area contributed by atoms with Crippen molar-refractivity contribution in [2.75, 3.05) is 13.2 Å². The van der Waals surface area contributed by atoms with Crippen LogP contribution in [0.4, 0.5) is 0 Å². The molecule has 3 heteroatoms. The van der Waals surface area contributed by atoms with Gasteiger partial charge in [0.25, 0.3) is 0 Å². The van der Waals surface area contributed by atoms with Crippen molar-refractivity contribution in [3.8, 4) is 0 Å². The molecule has 18 heavy (non-hydrogen) atoms. The molecule has 0 unspecified atom stereocenters. The van der Waals surface area contributed by atoms with E-state index in [0.717, 1.165) is 19.4 Å². The maximum Gasteiger partial charge on any atom is 0.222 e. The van der Waals surface area contributed by atoms with Gasteiger partial charge < -0.3 is 10.0 Å². The van der Waals surface area contributed by atoms with Crippen molar-refractivity contribution in [2.24, 2.45) is 0 Å². The van der Waals surface area contributed by atoms with Gasteiger partial charge in [-0.05, 0) is 24.8 Å². The number of aliphatic hydroxyl groups excluding tert-OH is 1. The molecular formula is C15H23NO2. The highest BCUT2D eigenvalue weighted by Crippen LogP contribution is 2.08. The van der Waals surface area contributed by atoms with Gasteiger partial charge in [-0.3, -0.25) is 4.79 Å². The van der Waals surface area contributed by atoms with Crippen LogP contribution in [0.1, 0.15) is 38.2 Å². The lowest BCUT2D eigenvalue weighted by molar-refractivity contribution is -0.132. The zero-order valence-corrected chi connectivity index (χ0v) is 11.1. The summed E-state index contributed by atoms with van der Waals surface area (Å²) in [5.41, 5.74) is 1.17. The van der Waals surface area contributed by atoms with E-state index < -0.39 is 0 Å². The first-order valence-corrected chi connectivity index (χ1v) is 6.70. The lowest BCUT2D eigenvalue weighted by atomic mass is 10.1. The molecule has 0 bridgehead atoms. The van der Waals surface area contributed by atoms with Gasteiger partial charge in [0.2, 0.25) is 5.91 Å². The number of benzene rings is 1. The molecule has 3 nitrogen and oxygen atoms in total. The molecule has 1 N–H and O–H groups in total. The van der Waals surface area contributed by atoms with Crippen LogP contribution in [0.15, 0.2) is 30.3 Å². The van der Waals surface area contributed by atoms with Crippen LogP contribution in [0.25, 0.3) is 0 Å². The van der Waals surface area contributed by atoms with Crippen molar-refractivity contribution >= 4 is 5.91 Å². The Labute approximate surface area is 109 Å². The van der Waals surface area contributed by atoms with Gasteiger partial charge in [-0.1, -0.05) is 37.3 Å². The third-order valence-electron chi connectivity index (χ3n) is 2.86. The fourth-order valence-electron chi connectivity index (χ4n) is 1.91. The molecule has 0 aliphatic carbocycles. The summed E-state index contributed by atoms with van der Waals surface area (Å²) in [7, 11) is 0. The van der Waals surface area contributed by atoms with Crippen LogP contribution < -0.4 is 0 Å². The van der Waals surface area contributed by atoms with Gasteiger partial charge in [0.15, 0.2) is 0 Å². The predicted molar refractivity (Wildman–Crippen MR) is 73.1 cm³/mol. The number of amides is 1. The standard InChI is InChI=1S/C15H23NO2/c1-2-11-16(15(18)10-6-7-12-17)13-14-8-4-3-5-9-14/h3-5,8-9,17H,2,6-7,10-13H2,1H3. The quantitative estimate of drug-likeness (QED) is 0.719. The van der Waals surface area contributed by atoms with Crippen molar-refractivity contribution < 1.29 is 9.90 Å². The highest BCUT2D eigenvalue weighted by atomic mass is 16.3. The summed E-state index contributed by atoms with van der Waals surface area (Å²) in [5.74, 6) is 0.189. The van der Waals surface area contributed by atoms with Crippen LogP contribution in [-0.2, 0) is 11.3 Å². The number of nitrogens with zero attached hydrogens (tertiary/aromatic N) is 1. The number of rotatable bonds is 8. The van der Waals surface area contributed by atoms with E-state index in [4.69, 9.17) is 5.11 Å². The molecule has 0 aromatic heterocycles. The van der Waals surface area contributed by atoms with E-state index in [-0.39, 0.29) is 12.5 Å². The molecule has 1 aromatic rings. The number of hydrogen-bond acceptors (Lipinski definition) is 2. The second kappa shape index (κ2) is 8.70. The van der Waals surface area contributed by atoms with Crippen molar-refractivity contribution in [1.82, 2.24) is 4.90 Å². The molecule has 1 amide bonds. The van der Waals surface area contributed by atoms with Crippen molar-refractivity contribution in [3.63, 3.8) is 0 Å². The lowest BCUT2D eigenvalue weighted by Crippen LogP contribution is -2.31. The summed E-state index contributed by atoms with van der Waals surface area (Å²) in [6.45, 7) is 3.73. The zero-order chi connectivity index (χ0) is 13.2. The molecule has 0 aliphatic heterocycles. The molecular weight excluding hydrogens is 226 g/mol. The van der Waals surface area contributed by atoms with Crippen molar-refractivity contribution in [3.05, 3.63) is 35.9 Å². The number of carbonyl (C=O) groups is 1. The summed E-state index contributed by atoms with van der Waals surface area (Å²) in [6.07, 6.45) is 2.98. The SMILES string of the molecule is CCCN(Cc1ccccc1)C(=O)CCCCO. The minimum atomic E-state index is 0.166. The number of hydrogen-bond donors (Lipinski definition) is 1. The van der Waals surface area contributed by atoms with Crippen LogP contribution in [0.5, 0.6) is 0 Å². The van der Waals surface area contributed by atoms with Crippen LogP contribution in [-0.4, -0.2) is 29.1 Å². The Morgan fingerprint density at radius 3 is 2.56 bits per heavy atom. The summed E-state index contributed by atoms with van der Waals surface area (Å²) in [5, 5.41) is 8.73. The lowest BCUT2D eigenvalue weighted by Gasteiger charge is -2.22. The van der Waals surface area contributed by atoms with Crippen LogP contribution in [0.2, 0.25) is 0 Å². The molecule has 0 heterocycles.